The van der Waals surface area contributed by atoms with Gasteiger partial charge in [0.1, 0.15) is 0 Å². The second-order valence-corrected chi connectivity index (χ2v) is 7.03. The van der Waals surface area contributed by atoms with Crippen LogP contribution < -0.4 is 5.32 Å². The average Bonchev–Trinajstić information content (AvgIpc) is 2.50. The Kier molecular flexibility index (Phi) is 5.61. The van der Waals surface area contributed by atoms with Crippen molar-refractivity contribution in [3.8, 4) is 0 Å². The summed E-state index contributed by atoms with van der Waals surface area (Å²) in [5, 5.41) is 2.68. The summed E-state index contributed by atoms with van der Waals surface area (Å²) in [5.74, 6) is -0.0350. The fourth-order valence-corrected chi connectivity index (χ4v) is 3.15. The van der Waals surface area contributed by atoms with Crippen molar-refractivity contribution in [2.45, 2.75) is 37.8 Å². The SMILES string of the molecule is CC(=O)c1ccc(NC(=O)[C@@H](C)Sc2ccc(C)cc2C)cc1. The van der Waals surface area contributed by atoms with E-state index in [-0.39, 0.29) is 16.9 Å². The van der Waals surface area contributed by atoms with Gasteiger partial charge in [0.25, 0.3) is 0 Å². The van der Waals surface area contributed by atoms with Gasteiger partial charge in [-0.05, 0) is 63.6 Å². The molecular formula is C19H21NO2S. The quantitative estimate of drug-likeness (QED) is 0.643. The summed E-state index contributed by atoms with van der Waals surface area (Å²) in [6.45, 7) is 7.53. The van der Waals surface area contributed by atoms with Gasteiger partial charge in [0.2, 0.25) is 5.91 Å². The maximum Gasteiger partial charge on any atom is 0.237 e. The Labute approximate surface area is 141 Å². The Morgan fingerprint density at radius 3 is 2.26 bits per heavy atom. The summed E-state index contributed by atoms with van der Waals surface area (Å²) in [7, 11) is 0. The lowest BCUT2D eigenvalue weighted by Crippen LogP contribution is -2.22. The molecule has 0 saturated carbocycles. The number of anilines is 1. The van der Waals surface area contributed by atoms with Crippen molar-refractivity contribution in [3.05, 3.63) is 59.2 Å². The molecule has 0 unspecified atom stereocenters. The number of rotatable bonds is 5. The summed E-state index contributed by atoms with van der Waals surface area (Å²) in [4.78, 5) is 24.7. The average molecular weight is 327 g/mol. The maximum atomic E-state index is 12.3. The number of benzene rings is 2. The molecule has 0 heterocycles. The number of carbonyl (C=O) groups excluding carboxylic acids is 2. The van der Waals surface area contributed by atoms with Gasteiger partial charge < -0.3 is 5.32 Å². The molecule has 0 spiro atoms. The number of carbonyl (C=O) groups is 2. The molecule has 0 aromatic heterocycles. The predicted molar refractivity (Wildman–Crippen MR) is 96.3 cm³/mol. The van der Waals surface area contributed by atoms with Gasteiger partial charge in [-0.15, -0.1) is 11.8 Å². The number of hydrogen-bond acceptors (Lipinski definition) is 3. The van der Waals surface area contributed by atoms with Gasteiger partial charge in [0.15, 0.2) is 5.78 Å². The third-order valence-corrected chi connectivity index (χ3v) is 4.84. The van der Waals surface area contributed by atoms with Crippen LogP contribution in [0.3, 0.4) is 0 Å². The lowest BCUT2D eigenvalue weighted by atomic mass is 10.1. The molecule has 0 aliphatic rings. The zero-order valence-corrected chi connectivity index (χ0v) is 14.7. The van der Waals surface area contributed by atoms with Crippen molar-refractivity contribution < 1.29 is 9.59 Å². The van der Waals surface area contributed by atoms with Crippen molar-refractivity contribution in [2.75, 3.05) is 5.32 Å². The lowest BCUT2D eigenvalue weighted by Gasteiger charge is -2.14. The van der Waals surface area contributed by atoms with Crippen LogP contribution in [-0.2, 0) is 4.79 Å². The van der Waals surface area contributed by atoms with E-state index in [9.17, 15) is 9.59 Å². The molecule has 0 aliphatic carbocycles. The molecule has 1 amide bonds. The molecule has 0 radical (unpaired) electrons. The minimum Gasteiger partial charge on any atom is -0.325 e. The normalized spacial score (nSPS) is 11.8. The number of amides is 1. The van der Waals surface area contributed by atoms with E-state index in [2.05, 4.69) is 37.4 Å². The Balaban J connectivity index is 2.00. The summed E-state index contributed by atoms with van der Waals surface area (Å²) >= 11 is 1.55. The van der Waals surface area contributed by atoms with Gasteiger partial charge in [-0.3, -0.25) is 9.59 Å². The highest BCUT2D eigenvalue weighted by atomic mass is 32.2. The van der Waals surface area contributed by atoms with Gasteiger partial charge >= 0.3 is 0 Å². The van der Waals surface area contributed by atoms with Crippen LogP contribution >= 0.6 is 11.8 Å². The number of ketones is 1. The van der Waals surface area contributed by atoms with Crippen LogP contribution in [0.5, 0.6) is 0 Å². The lowest BCUT2D eigenvalue weighted by molar-refractivity contribution is -0.115. The summed E-state index contributed by atoms with van der Waals surface area (Å²) in [5.41, 5.74) is 3.74. The molecule has 0 fully saturated rings. The second-order valence-electron chi connectivity index (χ2n) is 5.65. The van der Waals surface area contributed by atoms with Gasteiger partial charge in [-0.1, -0.05) is 17.7 Å². The second kappa shape index (κ2) is 7.47. The molecular weight excluding hydrogens is 306 g/mol. The van der Waals surface area contributed by atoms with Crippen molar-refractivity contribution in [3.63, 3.8) is 0 Å². The van der Waals surface area contributed by atoms with Crippen LogP contribution in [0, 0.1) is 13.8 Å². The van der Waals surface area contributed by atoms with E-state index in [0.29, 0.717) is 11.3 Å². The molecule has 1 atom stereocenters. The van der Waals surface area contributed by atoms with Crippen LogP contribution in [0.1, 0.15) is 35.3 Å². The summed E-state index contributed by atoms with van der Waals surface area (Å²) < 4.78 is 0. The maximum absolute atomic E-state index is 12.3. The van der Waals surface area contributed by atoms with E-state index in [0.717, 1.165) is 4.90 Å². The van der Waals surface area contributed by atoms with Crippen LogP contribution in [-0.4, -0.2) is 16.9 Å². The minimum atomic E-state index is -0.205. The van der Waals surface area contributed by atoms with E-state index in [1.807, 2.05) is 6.92 Å². The molecule has 0 aliphatic heterocycles. The molecule has 0 bridgehead atoms. The third kappa shape index (κ3) is 4.70. The molecule has 2 rings (SSSR count). The highest BCUT2D eigenvalue weighted by Crippen LogP contribution is 2.28. The summed E-state index contributed by atoms with van der Waals surface area (Å²) in [6.07, 6.45) is 0. The zero-order valence-electron chi connectivity index (χ0n) is 13.8. The molecule has 2 aromatic carbocycles. The van der Waals surface area contributed by atoms with E-state index in [4.69, 9.17) is 0 Å². The highest BCUT2D eigenvalue weighted by Gasteiger charge is 2.15. The minimum absolute atomic E-state index is 0.0154. The van der Waals surface area contributed by atoms with Gasteiger partial charge in [-0.25, -0.2) is 0 Å². The van der Waals surface area contributed by atoms with E-state index < -0.39 is 0 Å². The number of hydrogen-bond donors (Lipinski definition) is 1. The van der Waals surface area contributed by atoms with Crippen LogP contribution in [0.4, 0.5) is 5.69 Å². The first-order valence-corrected chi connectivity index (χ1v) is 8.40. The number of thioether (sulfide) groups is 1. The highest BCUT2D eigenvalue weighted by molar-refractivity contribution is 8.00. The number of nitrogens with one attached hydrogen (secondary N) is 1. The third-order valence-electron chi connectivity index (χ3n) is 3.56. The number of Topliss-reactive ketones (excluding diaryl/α,β-unsaturated/α-hetero) is 1. The first-order chi connectivity index (χ1) is 10.9. The summed E-state index contributed by atoms with van der Waals surface area (Å²) in [6, 6.07) is 13.2. The molecule has 0 saturated heterocycles. The predicted octanol–water partition coefficient (Wildman–Crippen LogP) is 4.63. The van der Waals surface area contributed by atoms with Gasteiger partial charge in [0.05, 0.1) is 5.25 Å². The van der Waals surface area contributed by atoms with Gasteiger partial charge in [0, 0.05) is 16.1 Å². The van der Waals surface area contributed by atoms with Crippen LogP contribution in [0.15, 0.2) is 47.4 Å². The van der Waals surface area contributed by atoms with E-state index in [1.165, 1.54) is 18.1 Å². The Morgan fingerprint density at radius 2 is 1.70 bits per heavy atom. The van der Waals surface area contributed by atoms with Crippen molar-refractivity contribution in [1.82, 2.24) is 0 Å². The first kappa shape index (κ1) is 17.3. The largest absolute Gasteiger partial charge is 0.325 e. The fourth-order valence-electron chi connectivity index (χ4n) is 2.21. The number of aryl methyl sites for hydroxylation is 2. The molecule has 23 heavy (non-hydrogen) atoms. The van der Waals surface area contributed by atoms with Gasteiger partial charge in [-0.2, -0.15) is 0 Å². The van der Waals surface area contributed by atoms with E-state index >= 15 is 0 Å². The molecule has 4 heteroatoms. The van der Waals surface area contributed by atoms with Crippen molar-refractivity contribution in [2.24, 2.45) is 0 Å². The smallest absolute Gasteiger partial charge is 0.237 e. The van der Waals surface area contributed by atoms with Crippen molar-refractivity contribution in [1.29, 1.82) is 0 Å². The Morgan fingerprint density at radius 1 is 1.04 bits per heavy atom. The van der Waals surface area contributed by atoms with Crippen molar-refractivity contribution >= 4 is 29.1 Å². The molecule has 3 nitrogen and oxygen atoms in total. The standard InChI is InChI=1S/C19H21NO2S/c1-12-5-10-18(13(2)11-12)23-15(4)19(22)20-17-8-6-16(7-9-17)14(3)21/h5-11,15H,1-4H3,(H,20,22)/t15-/m1/s1. The fraction of sp³-hybridized carbons (Fsp3) is 0.263. The zero-order chi connectivity index (χ0) is 17.0. The molecule has 2 aromatic rings. The molecule has 120 valence electrons. The monoisotopic (exact) mass is 327 g/mol. The Hall–Kier alpha value is -2.07. The van der Waals surface area contributed by atoms with Crippen LogP contribution in [0.2, 0.25) is 0 Å². The molecule has 1 N–H and O–H groups in total. The first-order valence-electron chi connectivity index (χ1n) is 7.52. The topological polar surface area (TPSA) is 46.2 Å². The van der Waals surface area contributed by atoms with Crippen LogP contribution in [0.25, 0.3) is 0 Å². The Bertz CT molecular complexity index is 723. The van der Waals surface area contributed by atoms with E-state index in [1.54, 1.807) is 36.0 Å².